The number of nitrogens with zero attached hydrogens (tertiary/aromatic N) is 1. The number of benzene rings is 1. The van der Waals surface area contributed by atoms with Gasteiger partial charge >= 0.3 is 11.9 Å². The van der Waals surface area contributed by atoms with Crippen molar-refractivity contribution in [2.45, 2.75) is 39.1 Å². The summed E-state index contributed by atoms with van der Waals surface area (Å²) in [5.74, 6) is -1.07. The van der Waals surface area contributed by atoms with E-state index in [4.69, 9.17) is 19.5 Å². The molecule has 0 saturated carbocycles. The molecule has 0 unspecified atom stereocenters. The second-order valence-electron chi connectivity index (χ2n) is 4.66. The second kappa shape index (κ2) is 9.53. The van der Waals surface area contributed by atoms with Crippen molar-refractivity contribution in [3.63, 3.8) is 0 Å². The summed E-state index contributed by atoms with van der Waals surface area (Å²) in [5.41, 5.74) is 0.966. The molecule has 0 saturated heterocycles. The average Bonchev–Trinajstić information content (AvgIpc) is 2.46. The summed E-state index contributed by atoms with van der Waals surface area (Å²) in [7, 11) is 0. The van der Waals surface area contributed by atoms with Crippen molar-refractivity contribution < 1.29 is 23.8 Å². The van der Waals surface area contributed by atoms with E-state index >= 15 is 0 Å². The van der Waals surface area contributed by atoms with Gasteiger partial charge in [0.25, 0.3) is 0 Å². The van der Waals surface area contributed by atoms with E-state index in [-0.39, 0.29) is 13.0 Å². The Morgan fingerprint density at radius 2 is 1.68 bits per heavy atom. The first kappa shape index (κ1) is 17.7. The highest BCUT2D eigenvalue weighted by molar-refractivity contribution is 5.67. The quantitative estimate of drug-likeness (QED) is 0.683. The minimum Gasteiger partial charge on any atom is -0.457 e. The largest absolute Gasteiger partial charge is 0.457 e. The maximum atomic E-state index is 11.2. The summed E-state index contributed by atoms with van der Waals surface area (Å²) >= 11 is 0. The van der Waals surface area contributed by atoms with Crippen LogP contribution in [0.1, 0.15) is 25.8 Å². The van der Waals surface area contributed by atoms with Crippen LogP contribution in [0.4, 0.5) is 0 Å². The Balaban J connectivity index is 2.63. The number of carbonyl (C=O) groups is 2. The minimum atomic E-state index is -0.845. The molecule has 118 valence electrons. The SMILES string of the molecule is CC(=O)O[C@@H](CC#N)[C@@H](COCc1ccccc1)OC(C)=O. The highest BCUT2D eigenvalue weighted by Gasteiger charge is 2.27. The van der Waals surface area contributed by atoms with E-state index in [0.717, 1.165) is 5.56 Å². The fourth-order valence-corrected chi connectivity index (χ4v) is 1.85. The normalized spacial score (nSPS) is 12.8. The van der Waals surface area contributed by atoms with Crippen LogP contribution in [0, 0.1) is 11.3 Å². The first-order chi connectivity index (χ1) is 10.5. The Morgan fingerprint density at radius 3 is 2.23 bits per heavy atom. The van der Waals surface area contributed by atoms with Crippen LogP contribution in [0.5, 0.6) is 0 Å². The van der Waals surface area contributed by atoms with Crippen molar-refractivity contribution in [2.75, 3.05) is 6.61 Å². The predicted octanol–water partition coefficient (Wildman–Crippen LogP) is 1.98. The topological polar surface area (TPSA) is 85.6 Å². The van der Waals surface area contributed by atoms with Crippen LogP contribution < -0.4 is 0 Å². The van der Waals surface area contributed by atoms with E-state index in [1.165, 1.54) is 13.8 Å². The van der Waals surface area contributed by atoms with Gasteiger partial charge in [-0.3, -0.25) is 9.59 Å². The number of hydrogen-bond donors (Lipinski definition) is 0. The van der Waals surface area contributed by atoms with Gasteiger partial charge in [0, 0.05) is 13.8 Å². The molecule has 6 nitrogen and oxygen atoms in total. The maximum Gasteiger partial charge on any atom is 0.303 e. The van der Waals surface area contributed by atoms with Gasteiger partial charge < -0.3 is 14.2 Å². The van der Waals surface area contributed by atoms with Gasteiger partial charge in [0.1, 0.15) is 0 Å². The first-order valence-electron chi connectivity index (χ1n) is 6.86. The van der Waals surface area contributed by atoms with Crippen molar-refractivity contribution in [3.05, 3.63) is 35.9 Å². The Bertz CT molecular complexity index is 523. The summed E-state index contributed by atoms with van der Waals surface area (Å²) in [4.78, 5) is 22.3. The number of ether oxygens (including phenoxy) is 3. The lowest BCUT2D eigenvalue weighted by Gasteiger charge is -2.24. The second-order valence-corrected chi connectivity index (χ2v) is 4.66. The molecular formula is C16H19NO5. The van der Waals surface area contributed by atoms with E-state index in [9.17, 15) is 9.59 Å². The highest BCUT2D eigenvalue weighted by atomic mass is 16.6. The molecule has 0 amide bonds. The zero-order valence-electron chi connectivity index (χ0n) is 12.7. The Labute approximate surface area is 129 Å². The number of rotatable bonds is 8. The van der Waals surface area contributed by atoms with Gasteiger partial charge in [-0.1, -0.05) is 30.3 Å². The van der Waals surface area contributed by atoms with Crippen LogP contribution in [0.25, 0.3) is 0 Å². The van der Waals surface area contributed by atoms with Gasteiger partial charge in [-0.05, 0) is 5.56 Å². The number of carbonyl (C=O) groups excluding carboxylic acids is 2. The average molecular weight is 305 g/mol. The molecule has 2 atom stereocenters. The van der Waals surface area contributed by atoms with E-state index in [2.05, 4.69) is 0 Å². The van der Waals surface area contributed by atoms with Crippen molar-refractivity contribution in [1.82, 2.24) is 0 Å². The molecular weight excluding hydrogens is 286 g/mol. The van der Waals surface area contributed by atoms with Crippen LogP contribution in [0.3, 0.4) is 0 Å². The van der Waals surface area contributed by atoms with Crippen LogP contribution in [0.2, 0.25) is 0 Å². The number of nitriles is 1. The number of hydrogen-bond acceptors (Lipinski definition) is 6. The lowest BCUT2D eigenvalue weighted by atomic mass is 10.1. The molecule has 0 fully saturated rings. The summed E-state index contributed by atoms with van der Waals surface area (Å²) in [6, 6.07) is 11.4. The Kier molecular flexibility index (Phi) is 7.65. The maximum absolute atomic E-state index is 11.2. The smallest absolute Gasteiger partial charge is 0.303 e. The van der Waals surface area contributed by atoms with Crippen molar-refractivity contribution in [1.29, 1.82) is 5.26 Å². The predicted molar refractivity (Wildman–Crippen MR) is 77.4 cm³/mol. The molecule has 22 heavy (non-hydrogen) atoms. The third-order valence-electron chi connectivity index (χ3n) is 2.74. The monoisotopic (exact) mass is 305 g/mol. The summed E-state index contributed by atoms with van der Waals surface area (Å²) in [5, 5.41) is 8.81. The van der Waals surface area contributed by atoms with Gasteiger partial charge in [-0.15, -0.1) is 0 Å². The molecule has 0 aliphatic heterocycles. The van der Waals surface area contributed by atoms with Crippen molar-refractivity contribution in [3.8, 4) is 6.07 Å². The minimum absolute atomic E-state index is 0.0358. The molecule has 0 bridgehead atoms. The fourth-order valence-electron chi connectivity index (χ4n) is 1.85. The molecule has 1 rings (SSSR count). The van der Waals surface area contributed by atoms with Crippen LogP contribution in [0.15, 0.2) is 30.3 Å². The third kappa shape index (κ3) is 6.86. The molecule has 1 aromatic carbocycles. The molecule has 6 heteroatoms. The lowest BCUT2D eigenvalue weighted by Crippen LogP contribution is -2.37. The molecule has 1 aromatic rings. The lowest BCUT2D eigenvalue weighted by molar-refractivity contribution is -0.170. The Morgan fingerprint density at radius 1 is 1.09 bits per heavy atom. The molecule has 0 aliphatic carbocycles. The van der Waals surface area contributed by atoms with Crippen molar-refractivity contribution >= 4 is 11.9 Å². The van der Waals surface area contributed by atoms with Gasteiger partial charge in [-0.2, -0.15) is 5.26 Å². The summed E-state index contributed by atoms with van der Waals surface area (Å²) in [6.07, 6.45) is -1.74. The molecule has 0 aromatic heterocycles. The van der Waals surface area contributed by atoms with Gasteiger partial charge in [0.2, 0.25) is 0 Å². The van der Waals surface area contributed by atoms with Crippen molar-refractivity contribution in [2.24, 2.45) is 0 Å². The van der Waals surface area contributed by atoms with Gasteiger partial charge in [0.05, 0.1) is 25.7 Å². The van der Waals surface area contributed by atoms with E-state index in [1.807, 2.05) is 36.4 Å². The molecule has 0 radical (unpaired) electrons. The van der Waals surface area contributed by atoms with Crippen LogP contribution in [-0.4, -0.2) is 30.8 Å². The van der Waals surface area contributed by atoms with E-state index in [1.54, 1.807) is 0 Å². The van der Waals surface area contributed by atoms with Gasteiger partial charge in [0.15, 0.2) is 12.2 Å². The van der Waals surface area contributed by atoms with Crippen LogP contribution >= 0.6 is 0 Å². The summed E-state index contributed by atoms with van der Waals surface area (Å²) < 4.78 is 15.7. The van der Waals surface area contributed by atoms with Crippen LogP contribution in [-0.2, 0) is 30.4 Å². The molecule has 0 spiro atoms. The highest BCUT2D eigenvalue weighted by Crippen LogP contribution is 2.11. The van der Waals surface area contributed by atoms with E-state index < -0.39 is 24.1 Å². The molecule has 0 aliphatic rings. The summed E-state index contributed by atoms with van der Waals surface area (Å²) in [6.45, 7) is 2.85. The zero-order chi connectivity index (χ0) is 16.4. The molecule has 0 N–H and O–H groups in total. The Hall–Kier alpha value is -2.39. The third-order valence-corrected chi connectivity index (χ3v) is 2.74. The van der Waals surface area contributed by atoms with E-state index in [0.29, 0.717) is 6.61 Å². The molecule has 0 heterocycles. The number of esters is 2. The zero-order valence-corrected chi connectivity index (χ0v) is 12.7. The first-order valence-corrected chi connectivity index (χ1v) is 6.86. The standard InChI is InChI=1S/C16H19NO5/c1-12(18)21-15(8-9-17)16(22-13(2)19)11-20-10-14-6-4-3-5-7-14/h3-7,15-16H,8,10-11H2,1-2H3/t15-,16+/m0/s1. The van der Waals surface area contributed by atoms with Gasteiger partial charge in [-0.25, -0.2) is 0 Å². The fraction of sp³-hybridized carbons (Fsp3) is 0.438.